The predicted octanol–water partition coefficient (Wildman–Crippen LogP) is 2.76. The summed E-state index contributed by atoms with van der Waals surface area (Å²) in [6.07, 6.45) is 2.13. The van der Waals surface area contributed by atoms with Crippen molar-refractivity contribution < 1.29 is 9.21 Å². The van der Waals surface area contributed by atoms with Crippen LogP contribution in [-0.2, 0) is 6.54 Å². The fraction of sp³-hybridized carbons (Fsp3) is 0.400. The number of hydrogen-bond donors (Lipinski definition) is 3. The molecule has 3 rings (SSSR count). The van der Waals surface area contributed by atoms with Crippen LogP contribution in [0.25, 0.3) is 0 Å². The molecule has 1 aliphatic heterocycles. The lowest BCUT2D eigenvalue weighted by Gasteiger charge is -2.35. The highest BCUT2D eigenvalue weighted by Crippen LogP contribution is 2.27. The lowest BCUT2D eigenvalue weighted by atomic mass is 10.0. The van der Waals surface area contributed by atoms with Crippen LogP contribution in [0, 0.1) is 0 Å². The SMILES string of the molecule is CCNC(=NCc1ccc(C(N)=O)o1)NC1CCCN(c2ccccc2Cl)C1. The number of furan rings is 1. The average Bonchev–Trinajstić information content (AvgIpc) is 3.16. The van der Waals surface area contributed by atoms with Crippen molar-refractivity contribution in [2.24, 2.45) is 10.7 Å². The van der Waals surface area contributed by atoms with Crippen molar-refractivity contribution in [3.63, 3.8) is 0 Å². The van der Waals surface area contributed by atoms with Crippen molar-refractivity contribution in [3.8, 4) is 0 Å². The smallest absolute Gasteiger partial charge is 0.284 e. The van der Waals surface area contributed by atoms with Gasteiger partial charge in [-0.05, 0) is 44.0 Å². The number of anilines is 1. The van der Waals surface area contributed by atoms with Gasteiger partial charge in [0.15, 0.2) is 11.7 Å². The number of hydrogen-bond acceptors (Lipinski definition) is 4. The molecule has 1 amide bonds. The molecule has 1 aliphatic rings. The van der Waals surface area contributed by atoms with Gasteiger partial charge in [0.1, 0.15) is 12.3 Å². The molecule has 0 spiro atoms. The van der Waals surface area contributed by atoms with Gasteiger partial charge in [-0.15, -0.1) is 0 Å². The van der Waals surface area contributed by atoms with Crippen molar-refractivity contribution in [3.05, 3.63) is 52.9 Å². The van der Waals surface area contributed by atoms with Crippen molar-refractivity contribution in [2.75, 3.05) is 24.5 Å². The summed E-state index contributed by atoms with van der Waals surface area (Å²) in [6.45, 7) is 4.92. The minimum Gasteiger partial charge on any atom is -0.454 e. The van der Waals surface area contributed by atoms with Crippen LogP contribution in [0.3, 0.4) is 0 Å². The predicted molar refractivity (Wildman–Crippen MR) is 112 cm³/mol. The summed E-state index contributed by atoms with van der Waals surface area (Å²) in [4.78, 5) is 18.0. The van der Waals surface area contributed by atoms with E-state index in [0.29, 0.717) is 18.3 Å². The summed E-state index contributed by atoms with van der Waals surface area (Å²) in [5.74, 6) is 0.867. The van der Waals surface area contributed by atoms with Crippen LogP contribution in [0.2, 0.25) is 5.02 Å². The average molecular weight is 404 g/mol. The number of nitrogens with one attached hydrogen (secondary N) is 2. The molecule has 0 aliphatic carbocycles. The Morgan fingerprint density at radius 3 is 2.89 bits per heavy atom. The molecule has 1 fully saturated rings. The molecule has 2 heterocycles. The lowest BCUT2D eigenvalue weighted by Crippen LogP contribution is -2.51. The van der Waals surface area contributed by atoms with Gasteiger partial charge in [0.05, 0.1) is 10.7 Å². The molecular formula is C20H26ClN5O2. The number of halogens is 1. The van der Waals surface area contributed by atoms with E-state index in [-0.39, 0.29) is 11.8 Å². The molecular weight excluding hydrogens is 378 g/mol. The Kier molecular flexibility index (Phi) is 6.81. The highest BCUT2D eigenvalue weighted by molar-refractivity contribution is 6.33. The van der Waals surface area contributed by atoms with Crippen molar-refractivity contribution in [1.29, 1.82) is 0 Å². The summed E-state index contributed by atoms with van der Waals surface area (Å²) < 4.78 is 5.39. The number of amides is 1. The molecule has 1 aromatic carbocycles. The second-order valence-corrected chi connectivity index (χ2v) is 7.11. The number of piperidine rings is 1. The Labute approximate surface area is 169 Å². The van der Waals surface area contributed by atoms with Gasteiger partial charge in [0.25, 0.3) is 5.91 Å². The monoisotopic (exact) mass is 403 g/mol. The summed E-state index contributed by atoms with van der Waals surface area (Å²) in [5.41, 5.74) is 6.28. The maximum absolute atomic E-state index is 11.1. The zero-order valence-electron chi connectivity index (χ0n) is 16.0. The van der Waals surface area contributed by atoms with E-state index in [9.17, 15) is 4.79 Å². The summed E-state index contributed by atoms with van der Waals surface area (Å²) in [7, 11) is 0. The van der Waals surface area contributed by atoms with Crippen LogP contribution < -0.4 is 21.3 Å². The zero-order valence-corrected chi connectivity index (χ0v) is 16.7. The van der Waals surface area contributed by atoms with E-state index >= 15 is 0 Å². The van der Waals surface area contributed by atoms with E-state index in [4.69, 9.17) is 21.8 Å². The van der Waals surface area contributed by atoms with Crippen LogP contribution in [0.5, 0.6) is 0 Å². The van der Waals surface area contributed by atoms with Crippen LogP contribution in [-0.4, -0.2) is 37.5 Å². The molecule has 28 heavy (non-hydrogen) atoms. The first-order valence-corrected chi connectivity index (χ1v) is 9.87. The van der Waals surface area contributed by atoms with Crippen LogP contribution in [0.4, 0.5) is 5.69 Å². The van der Waals surface area contributed by atoms with E-state index in [2.05, 4.69) is 26.6 Å². The van der Waals surface area contributed by atoms with Gasteiger partial charge >= 0.3 is 0 Å². The zero-order chi connectivity index (χ0) is 19.9. The maximum atomic E-state index is 11.1. The van der Waals surface area contributed by atoms with Gasteiger partial charge in [-0.3, -0.25) is 4.79 Å². The first kappa shape index (κ1) is 20.1. The number of nitrogens with two attached hydrogens (primary N) is 1. The lowest BCUT2D eigenvalue weighted by molar-refractivity contribution is 0.0972. The third kappa shape index (κ3) is 5.19. The molecule has 1 saturated heterocycles. The largest absolute Gasteiger partial charge is 0.454 e. The second kappa shape index (κ2) is 9.50. The Morgan fingerprint density at radius 1 is 1.36 bits per heavy atom. The van der Waals surface area contributed by atoms with E-state index in [1.807, 2.05) is 25.1 Å². The highest BCUT2D eigenvalue weighted by Gasteiger charge is 2.22. The molecule has 0 saturated carbocycles. The fourth-order valence-electron chi connectivity index (χ4n) is 3.29. The minimum atomic E-state index is -0.581. The van der Waals surface area contributed by atoms with Gasteiger partial charge in [0.2, 0.25) is 0 Å². The molecule has 1 aromatic heterocycles. The Balaban J connectivity index is 1.64. The molecule has 0 radical (unpaired) electrons. The highest BCUT2D eigenvalue weighted by atomic mass is 35.5. The molecule has 7 nitrogen and oxygen atoms in total. The molecule has 150 valence electrons. The first-order chi connectivity index (χ1) is 13.6. The standard InChI is InChI=1S/C20H26ClN5O2/c1-2-23-20(24-12-15-9-10-18(28-15)19(22)27)25-14-6-5-11-26(13-14)17-8-4-3-7-16(17)21/h3-4,7-10,14H,2,5-6,11-13H2,1H3,(H2,22,27)(H2,23,24,25). The van der Waals surface area contributed by atoms with Crippen LogP contribution in [0.1, 0.15) is 36.1 Å². The number of aliphatic imine (C=N–C) groups is 1. The van der Waals surface area contributed by atoms with E-state index in [0.717, 1.165) is 43.2 Å². The van der Waals surface area contributed by atoms with Gasteiger partial charge < -0.3 is 25.7 Å². The number of guanidine groups is 1. The topological polar surface area (TPSA) is 95.9 Å². The summed E-state index contributed by atoms with van der Waals surface area (Å²) >= 11 is 6.36. The molecule has 2 aromatic rings. The maximum Gasteiger partial charge on any atom is 0.284 e. The van der Waals surface area contributed by atoms with Crippen molar-refractivity contribution >= 4 is 29.2 Å². The second-order valence-electron chi connectivity index (χ2n) is 6.71. The molecule has 4 N–H and O–H groups in total. The number of benzene rings is 1. The number of para-hydroxylation sites is 1. The summed E-state index contributed by atoms with van der Waals surface area (Å²) in [6, 6.07) is 11.5. The fourth-order valence-corrected chi connectivity index (χ4v) is 3.54. The normalized spacial score (nSPS) is 17.4. The number of primary amides is 1. The van der Waals surface area contributed by atoms with Gasteiger partial charge in [0, 0.05) is 25.7 Å². The Bertz CT molecular complexity index is 836. The third-order valence-corrected chi connectivity index (χ3v) is 4.92. The van der Waals surface area contributed by atoms with E-state index in [1.54, 1.807) is 12.1 Å². The third-order valence-electron chi connectivity index (χ3n) is 4.60. The van der Waals surface area contributed by atoms with Gasteiger partial charge in [-0.1, -0.05) is 23.7 Å². The number of carbonyl (C=O) groups excluding carboxylic acids is 1. The molecule has 8 heteroatoms. The van der Waals surface area contributed by atoms with E-state index in [1.165, 1.54) is 0 Å². The number of rotatable bonds is 6. The Hall–Kier alpha value is -2.67. The quantitative estimate of drug-likeness (QED) is 0.509. The number of carbonyl (C=O) groups is 1. The first-order valence-electron chi connectivity index (χ1n) is 9.49. The van der Waals surface area contributed by atoms with Gasteiger partial charge in [-0.2, -0.15) is 0 Å². The van der Waals surface area contributed by atoms with Crippen molar-refractivity contribution in [2.45, 2.75) is 32.4 Å². The van der Waals surface area contributed by atoms with Crippen LogP contribution >= 0.6 is 11.6 Å². The van der Waals surface area contributed by atoms with Gasteiger partial charge in [-0.25, -0.2) is 4.99 Å². The molecule has 1 atom stereocenters. The van der Waals surface area contributed by atoms with E-state index < -0.39 is 5.91 Å². The summed E-state index contributed by atoms with van der Waals surface area (Å²) in [5, 5.41) is 7.52. The molecule has 1 unspecified atom stereocenters. The minimum absolute atomic E-state index is 0.144. The molecule has 0 bridgehead atoms. The van der Waals surface area contributed by atoms with Crippen LogP contribution in [0.15, 0.2) is 45.8 Å². The Morgan fingerprint density at radius 2 is 2.18 bits per heavy atom. The number of nitrogens with zero attached hydrogens (tertiary/aromatic N) is 2. The van der Waals surface area contributed by atoms with Crippen molar-refractivity contribution in [1.82, 2.24) is 10.6 Å².